The van der Waals surface area contributed by atoms with E-state index in [0.717, 1.165) is 17.4 Å². The summed E-state index contributed by atoms with van der Waals surface area (Å²) in [4.78, 5) is 13.8. The van der Waals surface area contributed by atoms with Crippen LogP contribution in [-0.4, -0.2) is 56.6 Å². The maximum atomic E-state index is 12.1. The van der Waals surface area contributed by atoms with Gasteiger partial charge in [-0.25, -0.2) is 0 Å². The molecule has 1 fully saturated rings. The molecular weight excluding hydrogens is 224 g/mol. The standard InChI is InChI=1S/C15H31N2O/c1-12(13(18)16(5)6)9-15(4)11-17(7,8)10-14(15,2)3/h12H,9-11H2,1-8H3/q+1. The van der Waals surface area contributed by atoms with E-state index in [9.17, 15) is 4.79 Å². The van der Waals surface area contributed by atoms with Gasteiger partial charge in [0.05, 0.1) is 27.2 Å². The van der Waals surface area contributed by atoms with E-state index in [-0.39, 0.29) is 22.7 Å². The van der Waals surface area contributed by atoms with Crippen LogP contribution in [-0.2, 0) is 4.79 Å². The lowest BCUT2D eigenvalue weighted by Crippen LogP contribution is -2.40. The molecule has 18 heavy (non-hydrogen) atoms. The number of hydrogen-bond donors (Lipinski definition) is 0. The minimum Gasteiger partial charge on any atom is -0.349 e. The lowest BCUT2D eigenvalue weighted by Gasteiger charge is -2.36. The highest BCUT2D eigenvalue weighted by Crippen LogP contribution is 2.51. The summed E-state index contributed by atoms with van der Waals surface area (Å²) >= 11 is 0. The van der Waals surface area contributed by atoms with Crippen LogP contribution in [0.5, 0.6) is 0 Å². The maximum Gasteiger partial charge on any atom is 0.224 e. The number of quaternary nitrogens is 1. The van der Waals surface area contributed by atoms with Crippen LogP contribution in [0.25, 0.3) is 0 Å². The molecule has 2 atom stereocenters. The highest BCUT2D eigenvalue weighted by molar-refractivity contribution is 5.77. The topological polar surface area (TPSA) is 20.3 Å². The van der Waals surface area contributed by atoms with Gasteiger partial charge in [0.15, 0.2) is 0 Å². The normalized spacial score (nSPS) is 31.1. The van der Waals surface area contributed by atoms with Crippen molar-refractivity contribution in [3.63, 3.8) is 0 Å². The van der Waals surface area contributed by atoms with Crippen LogP contribution in [0.3, 0.4) is 0 Å². The Labute approximate surface area is 113 Å². The number of hydrogen-bond acceptors (Lipinski definition) is 1. The van der Waals surface area contributed by atoms with Crippen molar-refractivity contribution >= 4 is 5.91 Å². The van der Waals surface area contributed by atoms with Crippen molar-refractivity contribution in [2.45, 2.75) is 34.1 Å². The third kappa shape index (κ3) is 2.87. The summed E-state index contributed by atoms with van der Waals surface area (Å²) in [7, 11) is 8.29. The van der Waals surface area contributed by atoms with Crippen molar-refractivity contribution in [2.75, 3.05) is 41.3 Å². The summed E-state index contributed by atoms with van der Waals surface area (Å²) in [6, 6.07) is 0. The first-order valence-electron chi connectivity index (χ1n) is 6.93. The Hall–Kier alpha value is -0.570. The molecule has 1 aliphatic heterocycles. The molecule has 106 valence electrons. The molecule has 3 heteroatoms. The van der Waals surface area contributed by atoms with E-state index in [0.29, 0.717) is 0 Å². The summed E-state index contributed by atoms with van der Waals surface area (Å²) < 4.78 is 1.06. The largest absolute Gasteiger partial charge is 0.349 e. The van der Waals surface area contributed by atoms with Crippen molar-refractivity contribution in [3.05, 3.63) is 0 Å². The number of nitrogens with zero attached hydrogens (tertiary/aromatic N) is 2. The van der Waals surface area contributed by atoms with E-state index >= 15 is 0 Å². The van der Waals surface area contributed by atoms with E-state index in [1.165, 1.54) is 6.54 Å². The van der Waals surface area contributed by atoms with Crippen LogP contribution < -0.4 is 0 Å². The van der Waals surface area contributed by atoms with Gasteiger partial charge in [0.2, 0.25) is 5.91 Å². The fourth-order valence-electron chi connectivity index (χ4n) is 4.02. The summed E-state index contributed by atoms with van der Waals surface area (Å²) in [6.45, 7) is 11.5. The number of carbonyl (C=O) groups excluding carboxylic acids is 1. The number of carbonyl (C=O) groups is 1. The summed E-state index contributed by atoms with van der Waals surface area (Å²) in [5.41, 5.74) is 0.527. The Bertz CT molecular complexity index is 333. The van der Waals surface area contributed by atoms with Crippen LogP contribution in [0.1, 0.15) is 34.1 Å². The fraction of sp³-hybridized carbons (Fsp3) is 0.933. The summed E-state index contributed by atoms with van der Waals surface area (Å²) in [5, 5.41) is 0. The van der Waals surface area contributed by atoms with Gasteiger partial charge in [-0.1, -0.05) is 27.7 Å². The molecule has 1 saturated heterocycles. The van der Waals surface area contributed by atoms with Gasteiger partial charge in [-0.3, -0.25) is 4.79 Å². The zero-order valence-electron chi connectivity index (χ0n) is 13.5. The molecule has 0 aliphatic carbocycles. The van der Waals surface area contributed by atoms with Gasteiger partial charge < -0.3 is 9.38 Å². The molecule has 3 nitrogen and oxygen atoms in total. The van der Waals surface area contributed by atoms with Crippen LogP contribution in [0.4, 0.5) is 0 Å². The van der Waals surface area contributed by atoms with Gasteiger partial charge in [0, 0.05) is 30.8 Å². The predicted molar refractivity (Wildman–Crippen MR) is 76.2 cm³/mol. The second-order valence-corrected chi connectivity index (χ2v) is 8.03. The van der Waals surface area contributed by atoms with E-state index < -0.39 is 0 Å². The first-order valence-corrected chi connectivity index (χ1v) is 6.93. The smallest absolute Gasteiger partial charge is 0.224 e. The van der Waals surface area contributed by atoms with E-state index in [1.807, 2.05) is 14.1 Å². The molecule has 0 aromatic heterocycles. The fourth-order valence-corrected chi connectivity index (χ4v) is 4.02. The average molecular weight is 255 g/mol. The molecular formula is C15H31N2O+. The quantitative estimate of drug-likeness (QED) is 0.708. The SMILES string of the molecule is CC(CC1(C)C[N+](C)(C)CC1(C)C)C(=O)N(C)C. The first kappa shape index (κ1) is 15.5. The molecule has 1 aliphatic rings. The van der Waals surface area contributed by atoms with E-state index in [1.54, 1.807) is 4.90 Å². The number of amides is 1. The molecule has 0 N–H and O–H groups in total. The zero-order valence-corrected chi connectivity index (χ0v) is 13.5. The molecule has 2 unspecified atom stereocenters. The molecule has 0 bridgehead atoms. The van der Waals surface area contributed by atoms with Crippen molar-refractivity contribution in [1.29, 1.82) is 0 Å². The lowest BCUT2D eigenvalue weighted by atomic mass is 9.65. The van der Waals surface area contributed by atoms with Gasteiger partial charge in [0.25, 0.3) is 0 Å². The minimum atomic E-state index is 0.113. The molecule has 0 spiro atoms. The van der Waals surface area contributed by atoms with Crippen molar-refractivity contribution < 1.29 is 9.28 Å². The molecule has 0 aromatic rings. The van der Waals surface area contributed by atoms with Crippen LogP contribution in [0.2, 0.25) is 0 Å². The molecule has 0 radical (unpaired) electrons. The Morgan fingerprint density at radius 2 is 1.72 bits per heavy atom. The molecule has 1 amide bonds. The second kappa shape index (κ2) is 4.52. The maximum absolute atomic E-state index is 12.1. The number of rotatable bonds is 3. The second-order valence-electron chi connectivity index (χ2n) is 8.03. The Morgan fingerprint density at radius 3 is 2.06 bits per heavy atom. The van der Waals surface area contributed by atoms with Crippen molar-refractivity contribution in [1.82, 2.24) is 4.90 Å². The third-order valence-electron chi connectivity index (χ3n) is 4.85. The van der Waals surface area contributed by atoms with E-state index in [4.69, 9.17) is 0 Å². The zero-order chi connectivity index (χ0) is 14.4. The average Bonchev–Trinajstić information content (AvgIpc) is 2.28. The van der Waals surface area contributed by atoms with Gasteiger partial charge in [-0.05, 0) is 6.42 Å². The van der Waals surface area contributed by atoms with Gasteiger partial charge in [0.1, 0.15) is 0 Å². The van der Waals surface area contributed by atoms with E-state index in [2.05, 4.69) is 41.8 Å². The van der Waals surface area contributed by atoms with Crippen LogP contribution in [0, 0.1) is 16.7 Å². The molecule has 1 rings (SSSR count). The summed E-state index contributed by atoms with van der Waals surface area (Å²) in [6.07, 6.45) is 0.985. The Balaban J connectivity index is 2.85. The highest BCUT2D eigenvalue weighted by Gasteiger charge is 2.55. The first-order chi connectivity index (χ1) is 7.90. The lowest BCUT2D eigenvalue weighted by molar-refractivity contribution is -0.883. The predicted octanol–water partition coefficient (Wildman–Crippen LogP) is 2.22. The molecule has 0 saturated carbocycles. The monoisotopic (exact) mass is 255 g/mol. The third-order valence-corrected chi connectivity index (χ3v) is 4.85. The van der Waals surface area contributed by atoms with Crippen molar-refractivity contribution in [2.24, 2.45) is 16.7 Å². The van der Waals surface area contributed by atoms with Gasteiger partial charge >= 0.3 is 0 Å². The minimum absolute atomic E-state index is 0.113. The van der Waals surface area contributed by atoms with Crippen molar-refractivity contribution in [3.8, 4) is 0 Å². The molecule has 1 heterocycles. The van der Waals surface area contributed by atoms with Gasteiger partial charge in [-0.15, -0.1) is 0 Å². The summed E-state index contributed by atoms with van der Waals surface area (Å²) in [5.74, 6) is 0.367. The highest BCUT2D eigenvalue weighted by atomic mass is 16.2. The van der Waals surface area contributed by atoms with Gasteiger partial charge in [-0.2, -0.15) is 0 Å². The van der Waals surface area contributed by atoms with Crippen LogP contribution >= 0.6 is 0 Å². The molecule has 0 aromatic carbocycles. The Kier molecular flexibility index (Phi) is 3.89. The number of likely N-dealkylation sites (tertiary alicyclic amines) is 1. The Morgan fingerprint density at radius 1 is 1.22 bits per heavy atom. The van der Waals surface area contributed by atoms with Crippen LogP contribution in [0.15, 0.2) is 0 Å².